The first-order valence-electron chi connectivity index (χ1n) is 10.3. The molecular weight excluding hydrogens is 350 g/mol. The van der Waals surface area contributed by atoms with Gasteiger partial charge in [0.05, 0.1) is 18.2 Å². The van der Waals surface area contributed by atoms with Crippen LogP contribution in [-0.4, -0.2) is 79.3 Å². The Labute approximate surface area is 169 Å². The maximum atomic E-state index is 9.24. The van der Waals surface area contributed by atoms with Gasteiger partial charge in [-0.05, 0) is 38.8 Å². The van der Waals surface area contributed by atoms with Gasteiger partial charge >= 0.3 is 0 Å². The van der Waals surface area contributed by atoms with E-state index in [-0.39, 0.29) is 6.10 Å². The van der Waals surface area contributed by atoms with Crippen LogP contribution in [-0.2, 0) is 4.74 Å². The van der Waals surface area contributed by atoms with E-state index in [0.29, 0.717) is 18.2 Å². The first-order valence-corrected chi connectivity index (χ1v) is 10.3. The summed E-state index contributed by atoms with van der Waals surface area (Å²) >= 11 is 0. The number of hydrogen-bond acceptors (Lipinski definition) is 6. The van der Waals surface area contributed by atoms with Crippen molar-refractivity contribution in [3.63, 3.8) is 0 Å². The number of ether oxygens (including phenoxy) is 1. The second-order valence-corrected chi connectivity index (χ2v) is 7.74. The smallest absolute Gasteiger partial charge is 0.146 e. The average Bonchev–Trinajstić information content (AvgIpc) is 2.74. The van der Waals surface area contributed by atoms with Crippen LogP contribution in [0.1, 0.15) is 32.3 Å². The highest BCUT2D eigenvalue weighted by Crippen LogP contribution is 2.22. The Bertz CT molecular complexity index is 716. The highest BCUT2D eigenvalue weighted by molar-refractivity contribution is 5.53. The fourth-order valence-electron chi connectivity index (χ4n) is 3.79. The fourth-order valence-corrected chi connectivity index (χ4v) is 3.79. The topological polar surface area (TPSA) is 55.6 Å². The zero-order chi connectivity index (χ0) is 19.8. The van der Waals surface area contributed by atoms with E-state index in [1.807, 2.05) is 6.07 Å². The lowest BCUT2D eigenvalue weighted by atomic mass is 10.1. The predicted molar refractivity (Wildman–Crippen MR) is 111 cm³/mol. The molecule has 0 atom stereocenters. The third-order valence-corrected chi connectivity index (χ3v) is 5.60. The third kappa shape index (κ3) is 5.69. The summed E-state index contributed by atoms with van der Waals surface area (Å²) < 4.78 is 5.95. The van der Waals surface area contributed by atoms with Gasteiger partial charge in [-0.2, -0.15) is 5.26 Å². The highest BCUT2D eigenvalue weighted by Gasteiger charge is 2.22. The molecule has 150 valence electrons. The van der Waals surface area contributed by atoms with Crippen LogP contribution in [0, 0.1) is 23.2 Å². The molecule has 0 aliphatic carbocycles. The van der Waals surface area contributed by atoms with Crippen molar-refractivity contribution in [2.45, 2.75) is 38.8 Å². The number of aromatic nitrogens is 1. The van der Waals surface area contributed by atoms with Crippen LogP contribution in [0.3, 0.4) is 0 Å². The molecule has 1 aromatic rings. The second-order valence-electron chi connectivity index (χ2n) is 7.74. The molecule has 0 N–H and O–H groups in total. The number of hydrogen-bond donors (Lipinski definition) is 0. The Kier molecular flexibility index (Phi) is 7.68. The fraction of sp³-hybridized carbons (Fsp3) is 0.636. The van der Waals surface area contributed by atoms with Crippen molar-refractivity contribution in [1.82, 2.24) is 14.8 Å². The van der Waals surface area contributed by atoms with Crippen LogP contribution >= 0.6 is 0 Å². The summed E-state index contributed by atoms with van der Waals surface area (Å²) in [6.07, 6.45) is 3.88. The molecule has 2 aliphatic heterocycles. The van der Waals surface area contributed by atoms with Crippen molar-refractivity contribution in [3.8, 4) is 17.9 Å². The van der Waals surface area contributed by atoms with Crippen molar-refractivity contribution in [2.24, 2.45) is 0 Å². The van der Waals surface area contributed by atoms with Gasteiger partial charge in [0.15, 0.2) is 0 Å². The molecule has 0 bridgehead atoms. The molecule has 1 aromatic heterocycles. The SMILES string of the molecule is CC(C)N1CCN(CC#CCOC2CCN(c3ncccc3C#N)CC2)CC1. The number of rotatable bonds is 5. The van der Waals surface area contributed by atoms with Crippen LogP contribution in [0.5, 0.6) is 0 Å². The molecule has 2 fully saturated rings. The van der Waals surface area contributed by atoms with E-state index in [4.69, 9.17) is 4.74 Å². The Balaban J connectivity index is 1.33. The molecule has 0 amide bonds. The summed E-state index contributed by atoms with van der Waals surface area (Å²) in [4.78, 5) is 11.5. The molecule has 2 saturated heterocycles. The van der Waals surface area contributed by atoms with Crippen molar-refractivity contribution in [1.29, 1.82) is 5.26 Å². The van der Waals surface area contributed by atoms with Crippen LogP contribution in [0.2, 0.25) is 0 Å². The molecule has 3 rings (SSSR count). The summed E-state index contributed by atoms with van der Waals surface area (Å²) in [6, 6.07) is 6.49. The van der Waals surface area contributed by atoms with Gasteiger partial charge in [-0.15, -0.1) is 0 Å². The lowest BCUT2D eigenvalue weighted by Crippen LogP contribution is -2.48. The van der Waals surface area contributed by atoms with E-state index < -0.39 is 0 Å². The van der Waals surface area contributed by atoms with Crippen molar-refractivity contribution in [3.05, 3.63) is 23.9 Å². The van der Waals surface area contributed by atoms with Gasteiger partial charge in [0.25, 0.3) is 0 Å². The van der Waals surface area contributed by atoms with E-state index in [1.165, 1.54) is 0 Å². The molecule has 6 heteroatoms. The van der Waals surface area contributed by atoms with Crippen molar-refractivity contribution < 1.29 is 4.74 Å². The van der Waals surface area contributed by atoms with Crippen LogP contribution < -0.4 is 4.90 Å². The molecule has 2 aliphatic rings. The Hall–Kier alpha value is -2.12. The molecule has 0 unspecified atom stereocenters. The predicted octanol–water partition coefficient (Wildman–Crippen LogP) is 1.97. The summed E-state index contributed by atoms with van der Waals surface area (Å²) in [6.45, 7) is 12.1. The minimum Gasteiger partial charge on any atom is -0.365 e. The number of piperazine rings is 1. The lowest BCUT2D eigenvalue weighted by Gasteiger charge is -2.36. The average molecular weight is 382 g/mol. The van der Waals surface area contributed by atoms with Gasteiger partial charge < -0.3 is 9.64 Å². The van der Waals surface area contributed by atoms with Gasteiger partial charge in [0.2, 0.25) is 0 Å². The maximum absolute atomic E-state index is 9.24. The summed E-state index contributed by atoms with van der Waals surface area (Å²) in [7, 11) is 0. The molecular formula is C22H31N5O. The standard InChI is InChI=1S/C22H31N5O/c1-19(2)26-15-13-25(14-16-26)10-3-4-17-28-21-7-11-27(12-8-21)22-20(18-23)6-5-9-24-22/h5-6,9,19,21H,7-8,10-17H2,1-2H3. The summed E-state index contributed by atoms with van der Waals surface area (Å²) in [5, 5.41) is 9.24. The first kappa shape index (κ1) is 20.6. The minimum atomic E-state index is 0.245. The molecule has 28 heavy (non-hydrogen) atoms. The lowest BCUT2D eigenvalue weighted by molar-refractivity contribution is 0.0593. The molecule has 0 saturated carbocycles. The normalized spacial score (nSPS) is 19.3. The Morgan fingerprint density at radius 2 is 1.89 bits per heavy atom. The maximum Gasteiger partial charge on any atom is 0.146 e. The third-order valence-electron chi connectivity index (χ3n) is 5.60. The van der Waals surface area contributed by atoms with Crippen LogP contribution in [0.4, 0.5) is 5.82 Å². The number of anilines is 1. The molecule has 0 radical (unpaired) electrons. The number of pyridine rings is 1. The van der Waals surface area contributed by atoms with Gasteiger partial charge in [-0.1, -0.05) is 11.8 Å². The molecule has 0 aromatic carbocycles. The Morgan fingerprint density at radius 1 is 1.14 bits per heavy atom. The second kappa shape index (κ2) is 10.4. The van der Waals surface area contributed by atoms with E-state index in [9.17, 15) is 5.26 Å². The van der Waals surface area contributed by atoms with E-state index in [0.717, 1.165) is 64.5 Å². The van der Waals surface area contributed by atoms with Gasteiger partial charge in [0, 0.05) is 51.5 Å². The molecule has 3 heterocycles. The van der Waals surface area contributed by atoms with E-state index in [2.05, 4.69) is 51.4 Å². The number of nitrogens with zero attached hydrogens (tertiary/aromatic N) is 5. The minimum absolute atomic E-state index is 0.245. The summed E-state index contributed by atoms with van der Waals surface area (Å²) in [5.41, 5.74) is 0.641. The number of nitriles is 1. The van der Waals surface area contributed by atoms with E-state index >= 15 is 0 Å². The van der Waals surface area contributed by atoms with Gasteiger partial charge in [-0.3, -0.25) is 9.80 Å². The summed E-state index contributed by atoms with van der Waals surface area (Å²) in [5.74, 6) is 7.24. The highest BCUT2D eigenvalue weighted by atomic mass is 16.5. The quantitative estimate of drug-likeness (QED) is 0.727. The van der Waals surface area contributed by atoms with Crippen LogP contribution in [0.15, 0.2) is 18.3 Å². The first-order chi connectivity index (χ1) is 13.7. The Morgan fingerprint density at radius 3 is 2.57 bits per heavy atom. The van der Waals surface area contributed by atoms with E-state index in [1.54, 1.807) is 12.3 Å². The molecule has 6 nitrogen and oxygen atoms in total. The van der Waals surface area contributed by atoms with Gasteiger partial charge in [-0.25, -0.2) is 4.98 Å². The van der Waals surface area contributed by atoms with Crippen molar-refractivity contribution >= 4 is 5.82 Å². The zero-order valence-electron chi connectivity index (χ0n) is 17.1. The monoisotopic (exact) mass is 381 g/mol. The zero-order valence-corrected chi connectivity index (χ0v) is 17.1. The molecule has 0 spiro atoms. The largest absolute Gasteiger partial charge is 0.365 e. The number of piperidine rings is 1. The van der Waals surface area contributed by atoms with Gasteiger partial charge in [0.1, 0.15) is 18.5 Å². The van der Waals surface area contributed by atoms with Crippen molar-refractivity contribution in [2.75, 3.05) is 57.3 Å². The van der Waals surface area contributed by atoms with Crippen LogP contribution in [0.25, 0.3) is 0 Å².